The lowest BCUT2D eigenvalue weighted by molar-refractivity contribution is -0.165. The van der Waals surface area contributed by atoms with Gasteiger partial charge in [0.05, 0.1) is 7.11 Å². The van der Waals surface area contributed by atoms with Crippen molar-refractivity contribution in [2.75, 3.05) is 13.7 Å². The van der Waals surface area contributed by atoms with Gasteiger partial charge in [-0.15, -0.1) is 0 Å². The summed E-state index contributed by atoms with van der Waals surface area (Å²) < 4.78 is 4.53. The zero-order chi connectivity index (χ0) is 11.9. The smallest absolute Gasteiger partial charge is 0.337 e. The zero-order valence-corrected chi connectivity index (χ0v) is 9.82. The molecule has 0 unspecified atom stereocenters. The zero-order valence-electron chi connectivity index (χ0n) is 9.82. The Labute approximate surface area is 91.3 Å². The molecule has 0 rings (SSSR count). The van der Waals surface area contributed by atoms with Crippen molar-refractivity contribution >= 4 is 5.97 Å². The fraction of sp³-hybridized carbons (Fsp3) is 0.909. The minimum Gasteiger partial charge on any atom is -0.467 e. The number of carbonyl (C=O) groups excluding carboxylic acids is 1. The van der Waals surface area contributed by atoms with E-state index in [0.29, 0.717) is 12.3 Å². The summed E-state index contributed by atoms with van der Waals surface area (Å²) >= 11 is 0. The summed E-state index contributed by atoms with van der Waals surface area (Å²) in [5, 5.41) is 18.7. The highest BCUT2D eigenvalue weighted by Crippen LogP contribution is 2.21. The molecular weight excluding hydrogens is 196 g/mol. The van der Waals surface area contributed by atoms with Gasteiger partial charge in [0.2, 0.25) is 0 Å². The Bertz CT molecular complexity index is 191. The van der Waals surface area contributed by atoms with Crippen molar-refractivity contribution < 1.29 is 19.7 Å². The third-order valence-electron chi connectivity index (χ3n) is 2.46. The maximum atomic E-state index is 11.3. The van der Waals surface area contributed by atoms with E-state index in [-0.39, 0.29) is 13.0 Å². The van der Waals surface area contributed by atoms with E-state index < -0.39 is 11.6 Å². The summed E-state index contributed by atoms with van der Waals surface area (Å²) in [7, 11) is 1.24. The second kappa shape index (κ2) is 6.80. The second-order valence-corrected chi connectivity index (χ2v) is 4.28. The van der Waals surface area contributed by atoms with Crippen LogP contribution in [0, 0.1) is 5.92 Å². The highest BCUT2D eigenvalue weighted by Gasteiger charge is 2.35. The van der Waals surface area contributed by atoms with Crippen LogP contribution in [-0.4, -0.2) is 35.5 Å². The Morgan fingerprint density at radius 3 is 2.40 bits per heavy atom. The predicted octanol–water partition coefficient (Wildman–Crippen LogP) is 1.10. The fourth-order valence-corrected chi connectivity index (χ4v) is 1.51. The van der Waals surface area contributed by atoms with Crippen LogP contribution < -0.4 is 0 Å². The topological polar surface area (TPSA) is 66.8 Å². The number of hydrogen-bond acceptors (Lipinski definition) is 4. The van der Waals surface area contributed by atoms with E-state index in [0.717, 1.165) is 12.8 Å². The second-order valence-electron chi connectivity index (χ2n) is 4.28. The van der Waals surface area contributed by atoms with Gasteiger partial charge in [0.25, 0.3) is 0 Å². The summed E-state index contributed by atoms with van der Waals surface area (Å²) in [6, 6.07) is 0. The Hall–Kier alpha value is -0.610. The number of aliphatic hydroxyl groups is 2. The standard InChI is InChI=1S/C11H22O4/c1-9(2)5-4-6-11(14,7-8-12)10(13)15-3/h9,12,14H,4-8H2,1-3H3/t11-/m1/s1. The first-order valence-corrected chi connectivity index (χ1v) is 5.38. The van der Waals surface area contributed by atoms with Crippen LogP contribution in [0.15, 0.2) is 0 Å². The molecular formula is C11H22O4. The molecule has 0 aromatic rings. The molecule has 0 spiro atoms. The summed E-state index contributed by atoms with van der Waals surface area (Å²) in [5.41, 5.74) is -1.52. The normalized spacial score (nSPS) is 15.1. The van der Waals surface area contributed by atoms with Gasteiger partial charge in [0.1, 0.15) is 0 Å². The summed E-state index contributed by atoms with van der Waals surface area (Å²) in [4.78, 5) is 11.3. The van der Waals surface area contributed by atoms with E-state index in [1.54, 1.807) is 0 Å². The van der Waals surface area contributed by atoms with Crippen LogP contribution >= 0.6 is 0 Å². The Balaban J connectivity index is 4.19. The van der Waals surface area contributed by atoms with Crippen LogP contribution in [0.4, 0.5) is 0 Å². The van der Waals surface area contributed by atoms with Crippen molar-refractivity contribution in [2.24, 2.45) is 5.92 Å². The average molecular weight is 218 g/mol. The van der Waals surface area contributed by atoms with E-state index in [1.165, 1.54) is 7.11 Å². The third kappa shape index (κ3) is 5.14. The first kappa shape index (κ1) is 14.4. The third-order valence-corrected chi connectivity index (χ3v) is 2.46. The Kier molecular flexibility index (Phi) is 6.52. The molecule has 0 heterocycles. The predicted molar refractivity (Wildman–Crippen MR) is 57.4 cm³/mol. The molecule has 0 fully saturated rings. The monoisotopic (exact) mass is 218 g/mol. The van der Waals surface area contributed by atoms with Crippen molar-refractivity contribution in [1.29, 1.82) is 0 Å². The molecule has 0 bridgehead atoms. The first-order chi connectivity index (χ1) is 6.96. The Morgan fingerprint density at radius 2 is 2.00 bits per heavy atom. The lowest BCUT2D eigenvalue weighted by atomic mass is 9.91. The first-order valence-electron chi connectivity index (χ1n) is 5.38. The molecule has 0 aromatic carbocycles. The summed E-state index contributed by atoms with van der Waals surface area (Å²) in [5.74, 6) is -0.110. The molecule has 0 saturated carbocycles. The fourth-order valence-electron chi connectivity index (χ4n) is 1.51. The molecule has 0 aliphatic rings. The maximum Gasteiger partial charge on any atom is 0.337 e. The minimum atomic E-state index is -1.52. The number of esters is 1. The highest BCUT2D eigenvalue weighted by atomic mass is 16.5. The lowest BCUT2D eigenvalue weighted by Crippen LogP contribution is -2.40. The average Bonchev–Trinajstić information content (AvgIpc) is 2.16. The van der Waals surface area contributed by atoms with Gasteiger partial charge in [-0.05, 0) is 18.8 Å². The molecule has 0 aliphatic heterocycles. The Morgan fingerprint density at radius 1 is 1.40 bits per heavy atom. The van der Waals surface area contributed by atoms with Crippen LogP contribution in [-0.2, 0) is 9.53 Å². The molecule has 2 N–H and O–H groups in total. The largest absolute Gasteiger partial charge is 0.467 e. The molecule has 0 saturated heterocycles. The van der Waals surface area contributed by atoms with Gasteiger partial charge in [-0.1, -0.05) is 20.3 Å². The van der Waals surface area contributed by atoms with Crippen molar-refractivity contribution in [2.45, 2.75) is 45.1 Å². The minimum absolute atomic E-state index is 0.0395. The van der Waals surface area contributed by atoms with E-state index in [1.807, 2.05) is 0 Å². The highest BCUT2D eigenvalue weighted by molar-refractivity contribution is 5.79. The lowest BCUT2D eigenvalue weighted by Gasteiger charge is -2.24. The van der Waals surface area contributed by atoms with E-state index in [9.17, 15) is 9.90 Å². The van der Waals surface area contributed by atoms with Crippen molar-refractivity contribution in [3.63, 3.8) is 0 Å². The van der Waals surface area contributed by atoms with Crippen LogP contribution in [0.1, 0.15) is 39.5 Å². The molecule has 0 radical (unpaired) electrons. The van der Waals surface area contributed by atoms with Crippen LogP contribution in [0.25, 0.3) is 0 Å². The summed E-state index contributed by atoms with van der Waals surface area (Å²) in [6.45, 7) is 3.96. The quantitative estimate of drug-likeness (QED) is 0.628. The molecule has 0 amide bonds. The van der Waals surface area contributed by atoms with Gasteiger partial charge in [0, 0.05) is 13.0 Å². The SMILES string of the molecule is COC(=O)[C@](O)(CCO)CCCC(C)C. The summed E-state index contributed by atoms with van der Waals surface area (Å²) in [6.07, 6.45) is 2.09. The van der Waals surface area contributed by atoms with Gasteiger partial charge in [0.15, 0.2) is 5.60 Å². The number of methoxy groups -OCH3 is 1. The van der Waals surface area contributed by atoms with Crippen LogP contribution in [0.3, 0.4) is 0 Å². The molecule has 0 aliphatic carbocycles. The molecule has 1 atom stereocenters. The van der Waals surface area contributed by atoms with Crippen LogP contribution in [0.2, 0.25) is 0 Å². The van der Waals surface area contributed by atoms with Gasteiger partial charge >= 0.3 is 5.97 Å². The van der Waals surface area contributed by atoms with E-state index in [2.05, 4.69) is 18.6 Å². The number of aliphatic hydroxyl groups excluding tert-OH is 1. The molecule has 15 heavy (non-hydrogen) atoms. The van der Waals surface area contributed by atoms with Gasteiger partial charge in [-0.25, -0.2) is 4.79 Å². The van der Waals surface area contributed by atoms with Crippen molar-refractivity contribution in [1.82, 2.24) is 0 Å². The molecule has 0 aromatic heterocycles. The van der Waals surface area contributed by atoms with Crippen LogP contribution in [0.5, 0.6) is 0 Å². The van der Waals surface area contributed by atoms with Gasteiger partial charge < -0.3 is 14.9 Å². The van der Waals surface area contributed by atoms with Crippen molar-refractivity contribution in [3.05, 3.63) is 0 Å². The maximum absolute atomic E-state index is 11.3. The van der Waals surface area contributed by atoms with E-state index >= 15 is 0 Å². The number of ether oxygens (including phenoxy) is 1. The molecule has 90 valence electrons. The molecule has 4 nitrogen and oxygen atoms in total. The number of carbonyl (C=O) groups is 1. The molecule has 4 heteroatoms. The number of hydrogen-bond donors (Lipinski definition) is 2. The van der Waals surface area contributed by atoms with E-state index in [4.69, 9.17) is 5.11 Å². The number of rotatable bonds is 7. The van der Waals surface area contributed by atoms with Gasteiger partial charge in [-0.2, -0.15) is 0 Å². The van der Waals surface area contributed by atoms with Gasteiger partial charge in [-0.3, -0.25) is 0 Å². The van der Waals surface area contributed by atoms with Crippen molar-refractivity contribution in [3.8, 4) is 0 Å².